The minimum atomic E-state index is -0.0739. The fourth-order valence-corrected chi connectivity index (χ4v) is 1.86. The van der Waals surface area contributed by atoms with Crippen molar-refractivity contribution in [3.05, 3.63) is 27.7 Å². The summed E-state index contributed by atoms with van der Waals surface area (Å²) in [5.74, 6) is -0.0739. The van der Waals surface area contributed by atoms with Gasteiger partial charge < -0.3 is 10.4 Å². The number of phenols is 1. The van der Waals surface area contributed by atoms with Crippen LogP contribution in [0.25, 0.3) is 0 Å². The van der Waals surface area contributed by atoms with E-state index in [0.29, 0.717) is 15.7 Å². The minimum Gasteiger partial charge on any atom is -0.506 e. The van der Waals surface area contributed by atoms with E-state index < -0.39 is 0 Å². The van der Waals surface area contributed by atoms with Gasteiger partial charge in [0, 0.05) is 17.1 Å². The van der Waals surface area contributed by atoms with Gasteiger partial charge in [0.1, 0.15) is 5.75 Å². The molecular formula is C13H17Cl2N3OS. The van der Waals surface area contributed by atoms with Crippen LogP contribution in [-0.2, 0) is 0 Å². The van der Waals surface area contributed by atoms with Gasteiger partial charge in [-0.2, -0.15) is 5.10 Å². The lowest BCUT2D eigenvalue weighted by molar-refractivity contribution is 0.408. The van der Waals surface area contributed by atoms with Crippen LogP contribution in [0.2, 0.25) is 10.0 Å². The number of halogens is 2. The number of phenolic OH excluding ortho intramolecular Hbond substituents is 1. The van der Waals surface area contributed by atoms with Gasteiger partial charge in [-0.3, -0.25) is 5.43 Å². The average Bonchev–Trinajstić information content (AvgIpc) is 2.31. The average molecular weight is 334 g/mol. The molecule has 0 spiro atoms. The van der Waals surface area contributed by atoms with Crippen LogP contribution in [0.5, 0.6) is 5.75 Å². The maximum Gasteiger partial charge on any atom is 0.186 e. The standard InChI is InChI=1S/C13H17Cl2N3OS/c1-13(2,3)7-16-12(20)18-17-6-8-4-9(14)5-10(15)11(8)19/h4-6,19H,7H2,1-3H3,(H2,16,18,20)/b17-6+. The molecule has 0 aromatic heterocycles. The summed E-state index contributed by atoms with van der Waals surface area (Å²) < 4.78 is 0. The summed E-state index contributed by atoms with van der Waals surface area (Å²) in [6.45, 7) is 7.01. The quantitative estimate of drug-likeness (QED) is 0.450. The van der Waals surface area contributed by atoms with Crippen LogP contribution >= 0.6 is 35.4 Å². The van der Waals surface area contributed by atoms with Gasteiger partial charge in [-0.25, -0.2) is 0 Å². The molecule has 0 fully saturated rings. The van der Waals surface area contributed by atoms with Crippen LogP contribution in [0, 0.1) is 5.41 Å². The molecule has 0 amide bonds. The van der Waals surface area contributed by atoms with Crippen molar-refractivity contribution in [2.75, 3.05) is 6.54 Å². The van der Waals surface area contributed by atoms with Gasteiger partial charge in [0.2, 0.25) is 0 Å². The van der Waals surface area contributed by atoms with E-state index in [-0.39, 0.29) is 16.2 Å². The molecule has 1 rings (SSSR count). The normalized spacial score (nSPS) is 11.7. The molecule has 0 aliphatic rings. The first kappa shape index (κ1) is 17.0. The third kappa shape index (κ3) is 5.94. The predicted octanol–water partition coefficient (Wildman–Crippen LogP) is 3.54. The largest absolute Gasteiger partial charge is 0.506 e. The summed E-state index contributed by atoms with van der Waals surface area (Å²) in [6.07, 6.45) is 1.40. The Morgan fingerprint density at radius 3 is 2.65 bits per heavy atom. The lowest BCUT2D eigenvalue weighted by Gasteiger charge is -2.19. The number of hydrogen-bond acceptors (Lipinski definition) is 3. The Balaban J connectivity index is 2.59. The van der Waals surface area contributed by atoms with Gasteiger partial charge in [0.25, 0.3) is 0 Å². The van der Waals surface area contributed by atoms with Crippen LogP contribution in [0.1, 0.15) is 26.3 Å². The summed E-state index contributed by atoms with van der Waals surface area (Å²) in [5.41, 5.74) is 3.19. The molecular weight excluding hydrogens is 317 g/mol. The second-order valence-electron chi connectivity index (χ2n) is 5.44. The molecule has 20 heavy (non-hydrogen) atoms. The predicted molar refractivity (Wildman–Crippen MR) is 88.9 cm³/mol. The monoisotopic (exact) mass is 333 g/mol. The first-order chi connectivity index (χ1) is 9.19. The van der Waals surface area contributed by atoms with Crippen molar-refractivity contribution in [3.63, 3.8) is 0 Å². The maximum atomic E-state index is 9.74. The number of thiocarbonyl (C=S) groups is 1. The minimum absolute atomic E-state index is 0.0739. The third-order valence-electron chi connectivity index (χ3n) is 2.21. The van der Waals surface area contributed by atoms with E-state index >= 15 is 0 Å². The lowest BCUT2D eigenvalue weighted by Crippen LogP contribution is -2.37. The molecule has 0 aliphatic heterocycles. The topological polar surface area (TPSA) is 56.7 Å². The van der Waals surface area contributed by atoms with E-state index in [1.54, 1.807) is 6.07 Å². The van der Waals surface area contributed by atoms with Crippen molar-refractivity contribution < 1.29 is 5.11 Å². The van der Waals surface area contributed by atoms with Gasteiger partial charge in [0.05, 0.1) is 11.2 Å². The second-order valence-corrected chi connectivity index (χ2v) is 6.69. The second kappa shape index (κ2) is 7.11. The Labute approximate surface area is 134 Å². The zero-order chi connectivity index (χ0) is 15.3. The number of nitrogens with zero attached hydrogens (tertiary/aromatic N) is 1. The summed E-state index contributed by atoms with van der Waals surface area (Å²) in [4.78, 5) is 0. The first-order valence-corrected chi connectivity index (χ1v) is 7.10. The molecule has 1 aromatic rings. The third-order valence-corrected chi connectivity index (χ3v) is 2.95. The summed E-state index contributed by atoms with van der Waals surface area (Å²) in [5, 5.41) is 17.7. The van der Waals surface area contributed by atoms with Crippen molar-refractivity contribution in [3.8, 4) is 5.75 Å². The molecule has 110 valence electrons. The molecule has 4 nitrogen and oxygen atoms in total. The highest BCUT2D eigenvalue weighted by Gasteiger charge is 2.10. The zero-order valence-corrected chi connectivity index (χ0v) is 13.8. The van der Waals surface area contributed by atoms with E-state index in [9.17, 15) is 5.11 Å². The molecule has 0 aliphatic carbocycles. The van der Waals surface area contributed by atoms with Gasteiger partial charge >= 0.3 is 0 Å². The van der Waals surface area contributed by atoms with Gasteiger partial charge in [0.15, 0.2) is 5.11 Å². The van der Waals surface area contributed by atoms with E-state index in [0.717, 1.165) is 6.54 Å². The molecule has 0 radical (unpaired) electrons. The van der Waals surface area contributed by atoms with Crippen LogP contribution in [-0.4, -0.2) is 23.0 Å². The smallest absolute Gasteiger partial charge is 0.186 e. The van der Waals surface area contributed by atoms with Crippen molar-refractivity contribution in [1.82, 2.24) is 10.7 Å². The number of hydrogen-bond donors (Lipinski definition) is 3. The molecule has 7 heteroatoms. The number of aromatic hydroxyl groups is 1. The highest BCUT2D eigenvalue weighted by molar-refractivity contribution is 7.80. The van der Waals surface area contributed by atoms with E-state index in [2.05, 4.69) is 36.6 Å². The van der Waals surface area contributed by atoms with Crippen LogP contribution in [0.3, 0.4) is 0 Å². The Kier molecular flexibility index (Phi) is 6.05. The molecule has 0 bridgehead atoms. The van der Waals surface area contributed by atoms with Gasteiger partial charge in [-0.05, 0) is 29.8 Å². The Morgan fingerprint density at radius 1 is 1.40 bits per heavy atom. The summed E-state index contributed by atoms with van der Waals surface area (Å²) in [7, 11) is 0. The van der Waals surface area contributed by atoms with Crippen molar-refractivity contribution in [2.45, 2.75) is 20.8 Å². The van der Waals surface area contributed by atoms with Crippen molar-refractivity contribution >= 4 is 46.7 Å². The summed E-state index contributed by atoms with van der Waals surface area (Å²) >= 11 is 16.7. The van der Waals surface area contributed by atoms with Crippen LogP contribution < -0.4 is 10.7 Å². The fourth-order valence-electron chi connectivity index (χ4n) is 1.23. The lowest BCUT2D eigenvalue weighted by atomic mass is 9.97. The van der Waals surface area contributed by atoms with E-state index in [1.165, 1.54) is 12.3 Å². The van der Waals surface area contributed by atoms with Crippen LogP contribution in [0.4, 0.5) is 0 Å². The van der Waals surface area contributed by atoms with Gasteiger partial charge in [-0.1, -0.05) is 44.0 Å². The summed E-state index contributed by atoms with van der Waals surface area (Å²) in [6, 6.07) is 3.01. The van der Waals surface area contributed by atoms with Crippen molar-refractivity contribution in [1.29, 1.82) is 0 Å². The maximum absolute atomic E-state index is 9.74. The molecule has 0 atom stereocenters. The fraction of sp³-hybridized carbons (Fsp3) is 0.385. The molecule has 1 aromatic carbocycles. The molecule has 0 saturated carbocycles. The number of nitrogens with one attached hydrogen (secondary N) is 2. The number of benzene rings is 1. The molecule has 0 unspecified atom stereocenters. The number of hydrazone groups is 1. The van der Waals surface area contributed by atoms with E-state index in [4.69, 9.17) is 35.4 Å². The van der Waals surface area contributed by atoms with Crippen molar-refractivity contribution in [2.24, 2.45) is 10.5 Å². The SMILES string of the molecule is CC(C)(C)CNC(=S)N/N=C/c1cc(Cl)cc(Cl)c1O. The van der Waals surface area contributed by atoms with E-state index in [1.807, 2.05) is 0 Å². The molecule has 3 N–H and O–H groups in total. The molecule has 0 heterocycles. The Morgan fingerprint density at radius 2 is 2.05 bits per heavy atom. The zero-order valence-electron chi connectivity index (χ0n) is 11.5. The Bertz CT molecular complexity index is 527. The first-order valence-electron chi connectivity index (χ1n) is 5.94. The highest BCUT2D eigenvalue weighted by Crippen LogP contribution is 2.29. The highest BCUT2D eigenvalue weighted by atomic mass is 35.5. The number of rotatable bonds is 3. The van der Waals surface area contributed by atoms with Gasteiger partial charge in [-0.15, -0.1) is 0 Å². The molecule has 0 saturated heterocycles. The van der Waals surface area contributed by atoms with Crippen LogP contribution in [0.15, 0.2) is 17.2 Å². The Hall–Kier alpha value is -1.04.